The molecule has 1 unspecified atom stereocenters. The highest BCUT2D eigenvalue weighted by molar-refractivity contribution is 5.42. The van der Waals surface area contributed by atoms with E-state index < -0.39 is 0 Å². The molecule has 1 atom stereocenters. The molecule has 2 heteroatoms. The molecule has 90 valence electrons. The molecule has 0 saturated carbocycles. The van der Waals surface area contributed by atoms with Crippen LogP contribution in [0.5, 0.6) is 5.75 Å². The van der Waals surface area contributed by atoms with Gasteiger partial charge in [-0.25, -0.2) is 0 Å². The third-order valence-corrected chi connectivity index (χ3v) is 2.93. The molecule has 0 spiro atoms. The summed E-state index contributed by atoms with van der Waals surface area (Å²) in [7, 11) is 1.98. The zero-order valence-electron chi connectivity index (χ0n) is 11.1. The molecule has 0 fully saturated rings. The smallest absolute Gasteiger partial charge is 0.125 e. The van der Waals surface area contributed by atoms with E-state index in [1.54, 1.807) is 0 Å². The molecule has 0 bridgehead atoms. The molecule has 1 aromatic carbocycles. The Labute approximate surface area is 99.0 Å². The number of hydrogen-bond donors (Lipinski definition) is 1. The van der Waals surface area contributed by atoms with Gasteiger partial charge in [-0.1, -0.05) is 24.6 Å². The Bertz CT molecular complexity index is 320. The van der Waals surface area contributed by atoms with E-state index >= 15 is 0 Å². The summed E-state index contributed by atoms with van der Waals surface area (Å²) >= 11 is 0. The first-order chi connectivity index (χ1) is 7.58. The lowest BCUT2D eigenvalue weighted by atomic mass is 10.1. The van der Waals surface area contributed by atoms with Gasteiger partial charge in [-0.3, -0.25) is 0 Å². The third-order valence-electron chi connectivity index (χ3n) is 2.93. The SMILES string of the molecule is CCC(COc1c(C)cc(C)cc1C)NC. The van der Waals surface area contributed by atoms with Crippen molar-refractivity contribution in [2.24, 2.45) is 0 Å². The molecule has 0 saturated heterocycles. The first kappa shape index (κ1) is 13.0. The fourth-order valence-electron chi connectivity index (χ4n) is 1.98. The lowest BCUT2D eigenvalue weighted by Crippen LogP contribution is -2.31. The minimum Gasteiger partial charge on any atom is -0.491 e. The van der Waals surface area contributed by atoms with Gasteiger partial charge in [0.15, 0.2) is 0 Å². The van der Waals surface area contributed by atoms with E-state index in [0.717, 1.165) is 18.8 Å². The molecule has 0 aliphatic heterocycles. The van der Waals surface area contributed by atoms with E-state index in [2.05, 4.69) is 45.1 Å². The van der Waals surface area contributed by atoms with Crippen LogP contribution >= 0.6 is 0 Å². The first-order valence-electron chi connectivity index (χ1n) is 5.96. The van der Waals surface area contributed by atoms with Crippen LogP contribution in [0.15, 0.2) is 12.1 Å². The molecule has 0 radical (unpaired) electrons. The molecule has 0 aliphatic rings. The lowest BCUT2D eigenvalue weighted by molar-refractivity contribution is 0.264. The van der Waals surface area contributed by atoms with Gasteiger partial charge in [-0.05, 0) is 45.4 Å². The monoisotopic (exact) mass is 221 g/mol. The molecule has 2 nitrogen and oxygen atoms in total. The predicted octanol–water partition coefficient (Wildman–Crippen LogP) is 2.99. The predicted molar refractivity (Wildman–Crippen MR) is 69.3 cm³/mol. The number of aryl methyl sites for hydroxylation is 3. The molecule has 0 aliphatic carbocycles. The Morgan fingerprint density at radius 1 is 1.19 bits per heavy atom. The Morgan fingerprint density at radius 2 is 1.75 bits per heavy atom. The Morgan fingerprint density at radius 3 is 2.19 bits per heavy atom. The van der Waals surface area contributed by atoms with Gasteiger partial charge in [0.25, 0.3) is 0 Å². The summed E-state index contributed by atoms with van der Waals surface area (Å²) in [5.41, 5.74) is 3.75. The number of likely N-dealkylation sites (N-methyl/N-ethyl adjacent to an activating group) is 1. The van der Waals surface area contributed by atoms with Crippen LogP contribution in [0.3, 0.4) is 0 Å². The molecule has 16 heavy (non-hydrogen) atoms. The van der Waals surface area contributed by atoms with E-state index in [1.165, 1.54) is 16.7 Å². The van der Waals surface area contributed by atoms with Gasteiger partial charge in [0, 0.05) is 6.04 Å². The van der Waals surface area contributed by atoms with E-state index in [0.29, 0.717) is 6.04 Å². The number of hydrogen-bond acceptors (Lipinski definition) is 2. The average Bonchev–Trinajstić information content (AvgIpc) is 2.22. The van der Waals surface area contributed by atoms with Gasteiger partial charge in [-0.15, -0.1) is 0 Å². The van der Waals surface area contributed by atoms with Crippen molar-refractivity contribution in [3.63, 3.8) is 0 Å². The molecule has 1 aromatic rings. The third kappa shape index (κ3) is 3.24. The van der Waals surface area contributed by atoms with Crippen molar-refractivity contribution in [3.05, 3.63) is 28.8 Å². The Balaban J connectivity index is 2.74. The largest absolute Gasteiger partial charge is 0.491 e. The van der Waals surface area contributed by atoms with E-state index in [-0.39, 0.29) is 0 Å². The van der Waals surface area contributed by atoms with Crippen molar-refractivity contribution < 1.29 is 4.74 Å². The minimum absolute atomic E-state index is 0.431. The summed E-state index contributed by atoms with van der Waals surface area (Å²) in [5.74, 6) is 1.04. The van der Waals surface area contributed by atoms with Gasteiger partial charge >= 0.3 is 0 Å². The molecular formula is C14H23NO. The molecule has 0 amide bonds. The fraction of sp³-hybridized carbons (Fsp3) is 0.571. The molecular weight excluding hydrogens is 198 g/mol. The maximum absolute atomic E-state index is 5.90. The van der Waals surface area contributed by atoms with Crippen LogP contribution in [-0.4, -0.2) is 19.7 Å². The number of ether oxygens (including phenoxy) is 1. The van der Waals surface area contributed by atoms with Crippen LogP contribution in [0, 0.1) is 20.8 Å². The van der Waals surface area contributed by atoms with Crippen molar-refractivity contribution in [3.8, 4) is 5.75 Å². The fourth-order valence-corrected chi connectivity index (χ4v) is 1.98. The number of rotatable bonds is 5. The second kappa shape index (κ2) is 5.90. The quantitative estimate of drug-likeness (QED) is 0.825. The van der Waals surface area contributed by atoms with Crippen LogP contribution in [0.1, 0.15) is 30.0 Å². The summed E-state index contributed by atoms with van der Waals surface area (Å²) in [4.78, 5) is 0. The maximum Gasteiger partial charge on any atom is 0.125 e. The van der Waals surface area contributed by atoms with Gasteiger partial charge < -0.3 is 10.1 Å². The Kier molecular flexibility index (Phi) is 4.81. The lowest BCUT2D eigenvalue weighted by Gasteiger charge is -2.18. The first-order valence-corrected chi connectivity index (χ1v) is 5.96. The van der Waals surface area contributed by atoms with E-state index in [4.69, 9.17) is 4.74 Å². The van der Waals surface area contributed by atoms with Crippen molar-refractivity contribution in [1.82, 2.24) is 5.32 Å². The van der Waals surface area contributed by atoms with Crippen molar-refractivity contribution >= 4 is 0 Å². The summed E-state index contributed by atoms with van der Waals surface area (Å²) in [5, 5.41) is 3.25. The average molecular weight is 221 g/mol. The molecule has 1 N–H and O–H groups in total. The Hall–Kier alpha value is -1.02. The summed E-state index contributed by atoms with van der Waals surface area (Å²) in [6.45, 7) is 9.23. The highest BCUT2D eigenvalue weighted by atomic mass is 16.5. The van der Waals surface area contributed by atoms with Crippen LogP contribution in [0.4, 0.5) is 0 Å². The van der Waals surface area contributed by atoms with E-state index in [9.17, 15) is 0 Å². The summed E-state index contributed by atoms with van der Waals surface area (Å²) in [6.07, 6.45) is 1.08. The van der Waals surface area contributed by atoms with E-state index in [1.807, 2.05) is 7.05 Å². The van der Waals surface area contributed by atoms with Crippen LogP contribution in [-0.2, 0) is 0 Å². The van der Waals surface area contributed by atoms with Gasteiger partial charge in [0.05, 0.1) is 0 Å². The van der Waals surface area contributed by atoms with Crippen molar-refractivity contribution in [1.29, 1.82) is 0 Å². The second-order valence-corrected chi connectivity index (χ2v) is 4.43. The van der Waals surface area contributed by atoms with Gasteiger partial charge in [0.2, 0.25) is 0 Å². The van der Waals surface area contributed by atoms with Crippen LogP contribution < -0.4 is 10.1 Å². The summed E-state index contributed by atoms with van der Waals surface area (Å²) < 4.78 is 5.90. The maximum atomic E-state index is 5.90. The second-order valence-electron chi connectivity index (χ2n) is 4.43. The molecule has 0 aromatic heterocycles. The van der Waals surface area contributed by atoms with Gasteiger partial charge in [0.1, 0.15) is 12.4 Å². The standard InChI is InChI=1S/C14H23NO/c1-6-13(15-5)9-16-14-11(3)7-10(2)8-12(14)4/h7-8,13,15H,6,9H2,1-5H3. The van der Waals surface area contributed by atoms with Crippen molar-refractivity contribution in [2.75, 3.05) is 13.7 Å². The molecule has 0 heterocycles. The van der Waals surface area contributed by atoms with Crippen LogP contribution in [0.25, 0.3) is 0 Å². The zero-order chi connectivity index (χ0) is 12.1. The van der Waals surface area contributed by atoms with Crippen molar-refractivity contribution in [2.45, 2.75) is 40.2 Å². The van der Waals surface area contributed by atoms with Gasteiger partial charge in [-0.2, -0.15) is 0 Å². The molecule has 1 rings (SSSR count). The normalized spacial score (nSPS) is 12.6. The highest BCUT2D eigenvalue weighted by Gasteiger charge is 2.08. The number of benzene rings is 1. The summed E-state index contributed by atoms with van der Waals surface area (Å²) in [6, 6.07) is 4.77. The topological polar surface area (TPSA) is 21.3 Å². The highest BCUT2D eigenvalue weighted by Crippen LogP contribution is 2.24. The minimum atomic E-state index is 0.431. The zero-order valence-corrected chi connectivity index (χ0v) is 11.1. The number of nitrogens with one attached hydrogen (secondary N) is 1. The van der Waals surface area contributed by atoms with Crippen LogP contribution in [0.2, 0.25) is 0 Å².